The molecule has 0 radical (unpaired) electrons. The van der Waals surface area contributed by atoms with Crippen molar-refractivity contribution in [2.75, 3.05) is 39.4 Å². The molecule has 4 aliphatic heterocycles. The fraction of sp³-hybridized carbons (Fsp3) is 0.487. The van der Waals surface area contributed by atoms with Crippen molar-refractivity contribution in [3.05, 3.63) is 101 Å². The van der Waals surface area contributed by atoms with E-state index in [-0.39, 0.29) is 30.4 Å². The molecule has 0 aromatic heterocycles. The molecule has 9 nitrogen and oxygen atoms in total. The Kier molecular flexibility index (Phi) is 10.6. The van der Waals surface area contributed by atoms with Gasteiger partial charge in [-0.3, -0.25) is 9.69 Å². The van der Waals surface area contributed by atoms with Gasteiger partial charge in [0, 0.05) is 31.1 Å². The van der Waals surface area contributed by atoms with Gasteiger partial charge in [0.1, 0.15) is 18.5 Å². The van der Waals surface area contributed by atoms with Crippen LogP contribution in [0.1, 0.15) is 78.0 Å². The summed E-state index contributed by atoms with van der Waals surface area (Å²) in [5.74, 6) is 1.20. The van der Waals surface area contributed by atoms with E-state index < -0.39 is 6.09 Å². The van der Waals surface area contributed by atoms with Crippen LogP contribution in [-0.2, 0) is 20.8 Å². The largest absolute Gasteiger partial charge is 0.489 e. The second-order valence-electron chi connectivity index (χ2n) is 13.5. The van der Waals surface area contributed by atoms with Crippen LogP contribution in [0.15, 0.2) is 78.9 Å². The molecule has 5 aliphatic rings. The lowest BCUT2D eigenvalue weighted by molar-refractivity contribution is -0.0516. The van der Waals surface area contributed by atoms with Crippen molar-refractivity contribution < 1.29 is 28.5 Å². The van der Waals surface area contributed by atoms with Crippen LogP contribution in [-0.4, -0.2) is 79.6 Å². The van der Waals surface area contributed by atoms with Crippen LogP contribution in [0.3, 0.4) is 0 Å². The second kappa shape index (κ2) is 15.5. The monoisotopic (exact) mass is 653 g/mol. The Morgan fingerprint density at radius 2 is 1.60 bits per heavy atom. The molecule has 2 bridgehead atoms. The van der Waals surface area contributed by atoms with Gasteiger partial charge in [0.05, 0.1) is 19.3 Å². The summed E-state index contributed by atoms with van der Waals surface area (Å²) in [7, 11) is 0. The first-order chi connectivity index (χ1) is 23.6. The van der Waals surface area contributed by atoms with Crippen LogP contribution in [0, 0.1) is 5.92 Å². The van der Waals surface area contributed by atoms with Gasteiger partial charge in [0.15, 0.2) is 6.29 Å². The number of carbonyl (C=O) groups is 2. The maximum atomic E-state index is 13.6. The summed E-state index contributed by atoms with van der Waals surface area (Å²) in [6.45, 7) is 5.23. The van der Waals surface area contributed by atoms with E-state index in [1.165, 1.54) is 0 Å². The molecule has 5 fully saturated rings. The first-order valence-electron chi connectivity index (χ1n) is 17.7. The standard InChI is InChI=1S/C39H47N3O6/c43-38(42(33-10-4-5-11-33)22-19-36-45-23-24-46-36)31-15-13-28(14-16-31)27-47-34-12-6-9-32(25-34)37(30-7-2-1-3-8-30)40-39(44)48-35-26-41-20-17-29(35)18-21-41/h1-3,6-9,12-16,25,29,33,35-37H,4-5,10-11,17-24,26-27H2,(H,40,44)/t35-,37-/m0/s1. The number of rotatable bonds is 12. The number of nitrogens with one attached hydrogen (secondary N) is 1. The number of amides is 2. The summed E-state index contributed by atoms with van der Waals surface area (Å²) in [6, 6.07) is 25.4. The quantitative estimate of drug-likeness (QED) is 0.245. The highest BCUT2D eigenvalue weighted by atomic mass is 16.7. The van der Waals surface area contributed by atoms with Gasteiger partial charge in [-0.1, -0.05) is 67.4 Å². The summed E-state index contributed by atoms with van der Waals surface area (Å²) in [5.41, 5.74) is 3.53. The van der Waals surface area contributed by atoms with Gasteiger partial charge in [-0.15, -0.1) is 0 Å². The Balaban J connectivity index is 0.984. The van der Waals surface area contributed by atoms with E-state index in [4.69, 9.17) is 18.9 Å². The molecule has 2 amide bonds. The normalized spacial score (nSPS) is 23.1. The lowest BCUT2D eigenvalue weighted by atomic mass is 9.86. The maximum absolute atomic E-state index is 13.6. The molecule has 48 heavy (non-hydrogen) atoms. The first kappa shape index (κ1) is 32.6. The van der Waals surface area contributed by atoms with Gasteiger partial charge < -0.3 is 29.2 Å². The van der Waals surface area contributed by atoms with E-state index in [0.29, 0.717) is 50.0 Å². The van der Waals surface area contributed by atoms with Crippen LogP contribution >= 0.6 is 0 Å². The first-order valence-corrected chi connectivity index (χ1v) is 17.7. The number of ether oxygens (including phenoxy) is 4. The van der Waals surface area contributed by atoms with Crippen molar-refractivity contribution in [2.45, 2.75) is 76.0 Å². The Labute approximate surface area is 283 Å². The Morgan fingerprint density at radius 1 is 0.875 bits per heavy atom. The van der Waals surface area contributed by atoms with E-state index in [2.05, 4.69) is 10.2 Å². The molecule has 0 unspecified atom stereocenters. The van der Waals surface area contributed by atoms with Gasteiger partial charge in [-0.05, 0) is 85.6 Å². The predicted octanol–water partition coefficient (Wildman–Crippen LogP) is 6.32. The highest BCUT2D eigenvalue weighted by Crippen LogP contribution is 2.31. The molecule has 8 rings (SSSR count). The molecule has 4 saturated heterocycles. The molecule has 2 atom stereocenters. The molecule has 3 aromatic rings. The van der Waals surface area contributed by atoms with Crippen LogP contribution in [0.5, 0.6) is 5.75 Å². The maximum Gasteiger partial charge on any atom is 0.408 e. The fourth-order valence-corrected chi connectivity index (χ4v) is 7.68. The minimum atomic E-state index is -0.393. The smallest absolute Gasteiger partial charge is 0.408 e. The lowest BCUT2D eigenvalue weighted by Crippen LogP contribution is -2.52. The molecular weight excluding hydrogens is 606 g/mol. The molecule has 254 valence electrons. The SMILES string of the molecule is O=C(N[C@@H](c1ccccc1)c1cccc(OCc2ccc(C(=O)N(CCC3OCCO3)C3CCCC3)cc2)c1)O[C@H]1CN2CCC1CC2. The fourth-order valence-electron chi connectivity index (χ4n) is 7.68. The average molecular weight is 654 g/mol. The Hall–Kier alpha value is -3.92. The highest BCUT2D eigenvalue weighted by Gasteiger charge is 2.37. The van der Waals surface area contributed by atoms with Crippen LogP contribution in [0.2, 0.25) is 0 Å². The van der Waals surface area contributed by atoms with Crippen molar-refractivity contribution in [1.82, 2.24) is 15.1 Å². The third-order valence-corrected chi connectivity index (χ3v) is 10.4. The minimum absolute atomic E-state index is 0.0616. The van der Waals surface area contributed by atoms with Crippen LogP contribution < -0.4 is 10.1 Å². The average Bonchev–Trinajstić information content (AvgIpc) is 3.87. The van der Waals surface area contributed by atoms with Crippen LogP contribution in [0.4, 0.5) is 4.79 Å². The van der Waals surface area contributed by atoms with E-state index >= 15 is 0 Å². The predicted molar refractivity (Wildman–Crippen MR) is 182 cm³/mol. The number of fused-ring (bicyclic) bond motifs is 3. The summed E-state index contributed by atoms with van der Waals surface area (Å²) in [5, 5.41) is 3.14. The number of nitrogens with zero attached hydrogens (tertiary/aromatic N) is 2. The third-order valence-electron chi connectivity index (χ3n) is 10.4. The number of benzene rings is 3. The summed E-state index contributed by atoms with van der Waals surface area (Å²) in [6.07, 6.45) is 6.60. The molecule has 9 heteroatoms. The van der Waals surface area contributed by atoms with Crippen molar-refractivity contribution in [2.24, 2.45) is 5.92 Å². The second-order valence-corrected chi connectivity index (χ2v) is 13.5. The van der Waals surface area contributed by atoms with Crippen molar-refractivity contribution in [1.29, 1.82) is 0 Å². The Morgan fingerprint density at radius 3 is 2.31 bits per heavy atom. The zero-order valence-corrected chi connectivity index (χ0v) is 27.6. The van der Waals surface area contributed by atoms with Gasteiger partial charge in [0.2, 0.25) is 0 Å². The van der Waals surface area contributed by atoms with Gasteiger partial charge in [-0.2, -0.15) is 0 Å². The summed E-state index contributed by atoms with van der Waals surface area (Å²) < 4.78 is 23.5. The minimum Gasteiger partial charge on any atom is -0.489 e. The molecule has 1 aliphatic carbocycles. The summed E-state index contributed by atoms with van der Waals surface area (Å²) >= 11 is 0. The van der Waals surface area contributed by atoms with E-state index in [1.807, 2.05) is 83.8 Å². The van der Waals surface area contributed by atoms with Crippen LogP contribution in [0.25, 0.3) is 0 Å². The molecular formula is C39H47N3O6. The highest BCUT2D eigenvalue weighted by molar-refractivity contribution is 5.94. The zero-order chi connectivity index (χ0) is 32.7. The lowest BCUT2D eigenvalue weighted by Gasteiger charge is -2.43. The third kappa shape index (κ3) is 8.02. The molecule has 4 heterocycles. The van der Waals surface area contributed by atoms with Crippen molar-refractivity contribution in [3.8, 4) is 5.75 Å². The van der Waals surface area contributed by atoms with E-state index in [0.717, 1.165) is 74.8 Å². The topological polar surface area (TPSA) is 89.6 Å². The number of carbonyl (C=O) groups excluding carboxylic acids is 2. The number of hydrogen-bond donors (Lipinski definition) is 1. The Bertz CT molecular complexity index is 1500. The van der Waals surface area contributed by atoms with E-state index in [1.54, 1.807) is 0 Å². The van der Waals surface area contributed by atoms with Gasteiger partial charge >= 0.3 is 6.09 Å². The van der Waals surface area contributed by atoms with Crippen molar-refractivity contribution in [3.63, 3.8) is 0 Å². The molecule has 3 aromatic carbocycles. The van der Waals surface area contributed by atoms with Crippen molar-refractivity contribution >= 4 is 12.0 Å². The molecule has 0 spiro atoms. The van der Waals surface area contributed by atoms with E-state index in [9.17, 15) is 9.59 Å². The number of piperidine rings is 3. The number of hydrogen-bond acceptors (Lipinski definition) is 7. The molecule has 1 N–H and O–H groups in total. The van der Waals surface area contributed by atoms with Gasteiger partial charge in [0.25, 0.3) is 5.91 Å². The summed E-state index contributed by atoms with van der Waals surface area (Å²) in [4.78, 5) is 31.3. The zero-order valence-electron chi connectivity index (χ0n) is 27.6. The molecule has 1 saturated carbocycles. The van der Waals surface area contributed by atoms with Gasteiger partial charge in [-0.25, -0.2) is 4.79 Å². The number of alkyl carbamates (subject to hydrolysis) is 1.